The molecule has 0 aliphatic heterocycles. The van der Waals surface area contributed by atoms with Crippen molar-refractivity contribution in [2.45, 2.75) is 130 Å². The Hall–Kier alpha value is -0.950. The summed E-state index contributed by atoms with van der Waals surface area (Å²) >= 11 is 0. The largest absolute Gasteiger partial charge is 0.460 e. The number of fused-ring (bicyclic) bond motifs is 5. The third-order valence-corrected chi connectivity index (χ3v) is 11.4. The molecular weight excluding hydrogens is 468 g/mol. The lowest BCUT2D eigenvalue weighted by molar-refractivity contribution is -0.189. The van der Waals surface area contributed by atoms with E-state index in [9.17, 15) is 15.0 Å². The van der Waals surface area contributed by atoms with Crippen molar-refractivity contribution in [3.63, 3.8) is 0 Å². The molecule has 0 spiro atoms. The lowest BCUT2D eigenvalue weighted by atomic mass is 9.47. The molecule has 0 bridgehead atoms. The Morgan fingerprint density at radius 2 is 1.73 bits per heavy atom. The number of allylic oxidation sites excluding steroid dienone is 1. The highest BCUT2D eigenvalue weighted by Crippen LogP contribution is 2.67. The number of esters is 1. The average Bonchev–Trinajstić information content (AvgIpc) is 3.20. The molecule has 4 N–H and O–H groups in total. The summed E-state index contributed by atoms with van der Waals surface area (Å²) in [5, 5.41) is 37.6. The Kier molecular flexibility index (Phi) is 8.85. The summed E-state index contributed by atoms with van der Waals surface area (Å²) in [4.78, 5) is 12.3. The summed E-state index contributed by atoms with van der Waals surface area (Å²) in [6, 6.07) is 0. The number of hydrogen-bond donors (Lipinski definition) is 4. The van der Waals surface area contributed by atoms with E-state index in [0.717, 1.165) is 48.9 Å². The summed E-state index contributed by atoms with van der Waals surface area (Å²) in [5.41, 5.74) is 1.98. The van der Waals surface area contributed by atoms with Crippen molar-refractivity contribution in [3.05, 3.63) is 11.6 Å². The van der Waals surface area contributed by atoms with Gasteiger partial charge in [0.25, 0.3) is 0 Å². The second kappa shape index (κ2) is 11.3. The van der Waals surface area contributed by atoms with E-state index in [0.29, 0.717) is 17.8 Å². The predicted molar refractivity (Wildman–Crippen MR) is 143 cm³/mol. The quantitative estimate of drug-likeness (QED) is 0.194. The first-order valence-electron chi connectivity index (χ1n) is 15.0. The zero-order valence-electron chi connectivity index (χ0n) is 23.7. The SMILES string of the molecule is CC(C)CCC[C@@H](C)[C@H]1CCC2C3CC=C4C[C@@H](OC(=O)[C@@H](O)[C@H](O)C(O)O)CC[C@]4(C)C3CC[C@@]21C. The summed E-state index contributed by atoms with van der Waals surface area (Å²) < 4.78 is 5.52. The maximum absolute atomic E-state index is 12.3. The smallest absolute Gasteiger partial charge is 0.338 e. The Labute approximate surface area is 223 Å². The van der Waals surface area contributed by atoms with Crippen LogP contribution in [-0.2, 0) is 9.53 Å². The van der Waals surface area contributed by atoms with Crippen LogP contribution in [0.4, 0.5) is 0 Å². The third kappa shape index (κ3) is 5.55. The average molecular weight is 521 g/mol. The van der Waals surface area contributed by atoms with Gasteiger partial charge in [0.05, 0.1) is 0 Å². The van der Waals surface area contributed by atoms with Crippen molar-refractivity contribution >= 4 is 5.97 Å². The molecular formula is C31H52O6. The molecule has 0 saturated heterocycles. The first-order valence-corrected chi connectivity index (χ1v) is 15.0. The van der Waals surface area contributed by atoms with Crippen LogP contribution >= 0.6 is 0 Å². The maximum atomic E-state index is 12.3. The highest BCUT2D eigenvalue weighted by molar-refractivity contribution is 5.75. The summed E-state index contributed by atoms with van der Waals surface area (Å²) in [6.07, 6.45) is 8.85. The minimum atomic E-state index is -2.19. The zero-order valence-corrected chi connectivity index (χ0v) is 23.7. The van der Waals surface area contributed by atoms with Crippen molar-refractivity contribution in [2.75, 3.05) is 0 Å². The molecule has 4 aliphatic rings. The van der Waals surface area contributed by atoms with Gasteiger partial charge in [0.1, 0.15) is 12.2 Å². The molecule has 6 heteroatoms. The van der Waals surface area contributed by atoms with E-state index in [1.807, 2.05) is 0 Å². The molecule has 0 heterocycles. The van der Waals surface area contributed by atoms with Gasteiger partial charge in [-0.25, -0.2) is 4.79 Å². The van der Waals surface area contributed by atoms with Crippen molar-refractivity contribution in [2.24, 2.45) is 46.3 Å². The van der Waals surface area contributed by atoms with Gasteiger partial charge in [0.15, 0.2) is 12.4 Å². The monoisotopic (exact) mass is 520 g/mol. The van der Waals surface area contributed by atoms with E-state index in [1.54, 1.807) is 0 Å². The minimum absolute atomic E-state index is 0.132. The van der Waals surface area contributed by atoms with Gasteiger partial charge in [-0.1, -0.05) is 65.5 Å². The normalized spacial score (nSPS) is 39.9. The molecule has 4 rings (SSSR count). The standard InChI is InChI=1S/C31H52O6/c1-18(2)7-6-8-19(3)23-11-12-24-22-10-9-20-17-21(37-29(36)27(33)26(32)28(34)35)13-15-30(20,4)25(22)14-16-31(23,24)5/h9,18-19,21-28,32-35H,6-8,10-17H2,1-5H3/t19-,21+,22?,23-,24?,25?,26+,27+,30+,31-/m1/s1. The highest BCUT2D eigenvalue weighted by Gasteiger charge is 2.59. The number of rotatable bonds is 9. The van der Waals surface area contributed by atoms with Crippen molar-refractivity contribution in [3.8, 4) is 0 Å². The van der Waals surface area contributed by atoms with Crippen molar-refractivity contribution in [1.29, 1.82) is 0 Å². The highest BCUT2D eigenvalue weighted by atomic mass is 16.6. The molecule has 212 valence electrons. The van der Waals surface area contributed by atoms with Crippen LogP contribution in [0.25, 0.3) is 0 Å². The Morgan fingerprint density at radius 1 is 1.00 bits per heavy atom. The van der Waals surface area contributed by atoms with E-state index >= 15 is 0 Å². The van der Waals surface area contributed by atoms with Crippen LogP contribution in [0.3, 0.4) is 0 Å². The van der Waals surface area contributed by atoms with E-state index < -0.39 is 24.5 Å². The number of aliphatic hydroxyl groups excluding tert-OH is 3. The van der Waals surface area contributed by atoms with Crippen LogP contribution < -0.4 is 0 Å². The first-order chi connectivity index (χ1) is 17.4. The summed E-state index contributed by atoms with van der Waals surface area (Å²) in [5.74, 6) is 3.67. The fourth-order valence-corrected chi connectivity index (χ4v) is 9.29. The molecule has 3 fully saturated rings. The predicted octanol–water partition coefficient (Wildman–Crippen LogP) is 4.97. The van der Waals surface area contributed by atoms with Gasteiger partial charge in [-0.3, -0.25) is 0 Å². The van der Waals surface area contributed by atoms with Gasteiger partial charge in [0.2, 0.25) is 0 Å². The summed E-state index contributed by atoms with van der Waals surface area (Å²) in [7, 11) is 0. The van der Waals surface area contributed by atoms with Crippen LogP contribution in [0, 0.1) is 46.3 Å². The van der Waals surface area contributed by atoms with Crippen molar-refractivity contribution < 1.29 is 30.0 Å². The minimum Gasteiger partial charge on any atom is -0.460 e. The Balaban J connectivity index is 1.41. The van der Waals surface area contributed by atoms with E-state index in [-0.39, 0.29) is 11.5 Å². The van der Waals surface area contributed by atoms with Gasteiger partial charge >= 0.3 is 5.97 Å². The van der Waals surface area contributed by atoms with Crippen LogP contribution in [0.1, 0.15) is 105 Å². The fourth-order valence-electron chi connectivity index (χ4n) is 9.29. The van der Waals surface area contributed by atoms with Gasteiger partial charge < -0.3 is 25.2 Å². The molecule has 6 nitrogen and oxygen atoms in total. The van der Waals surface area contributed by atoms with Crippen LogP contribution in [0.15, 0.2) is 11.6 Å². The van der Waals surface area contributed by atoms with Gasteiger partial charge in [-0.2, -0.15) is 0 Å². The number of carbonyl (C=O) groups is 1. The Bertz CT molecular complexity index is 838. The number of hydrogen-bond acceptors (Lipinski definition) is 6. The van der Waals surface area contributed by atoms with Crippen molar-refractivity contribution in [1.82, 2.24) is 0 Å². The molecule has 4 aliphatic carbocycles. The lowest BCUT2D eigenvalue weighted by Gasteiger charge is -2.58. The molecule has 3 unspecified atom stereocenters. The number of carbonyl (C=O) groups excluding carboxylic acids is 1. The second-order valence-electron chi connectivity index (χ2n) is 13.9. The Morgan fingerprint density at radius 3 is 2.41 bits per heavy atom. The fraction of sp³-hybridized carbons (Fsp3) is 0.903. The topological polar surface area (TPSA) is 107 Å². The van der Waals surface area contributed by atoms with Gasteiger partial charge in [-0.15, -0.1) is 0 Å². The second-order valence-corrected chi connectivity index (χ2v) is 13.9. The molecule has 0 radical (unpaired) electrons. The van der Waals surface area contributed by atoms with Gasteiger partial charge in [-0.05, 0) is 91.3 Å². The first kappa shape index (κ1) is 29.0. The molecule has 37 heavy (non-hydrogen) atoms. The lowest BCUT2D eigenvalue weighted by Crippen LogP contribution is -2.51. The zero-order chi connectivity index (χ0) is 27.1. The van der Waals surface area contributed by atoms with E-state index in [4.69, 9.17) is 14.9 Å². The van der Waals surface area contributed by atoms with Gasteiger partial charge in [0, 0.05) is 6.42 Å². The maximum Gasteiger partial charge on any atom is 0.338 e. The van der Waals surface area contributed by atoms with Crippen LogP contribution in [-0.4, -0.2) is 51.0 Å². The number of aliphatic hydroxyl groups is 4. The molecule has 0 aromatic rings. The van der Waals surface area contributed by atoms with Crippen LogP contribution in [0.2, 0.25) is 0 Å². The van der Waals surface area contributed by atoms with E-state index in [2.05, 4.69) is 40.7 Å². The molecule has 10 atom stereocenters. The molecule has 0 amide bonds. The third-order valence-electron chi connectivity index (χ3n) is 11.4. The molecule has 0 aromatic heterocycles. The van der Waals surface area contributed by atoms with E-state index in [1.165, 1.54) is 50.5 Å². The molecule has 3 saturated carbocycles. The van der Waals surface area contributed by atoms with Crippen LogP contribution in [0.5, 0.6) is 0 Å². The molecule has 0 aromatic carbocycles. The number of ether oxygens (including phenoxy) is 1. The summed E-state index contributed by atoms with van der Waals surface area (Å²) in [6.45, 7) is 12.2.